The Morgan fingerprint density at radius 3 is 1.53 bits per heavy atom. The van der Waals surface area contributed by atoms with Crippen LogP contribution in [0.3, 0.4) is 0 Å². The Kier molecular flexibility index (Phi) is 16.5. The number of carbonyl (C=O) groups excluding carboxylic acids is 1. The van der Waals surface area contributed by atoms with Gasteiger partial charge in [0.2, 0.25) is 0 Å². The predicted octanol–water partition coefficient (Wildman–Crippen LogP) is 8.53. The van der Waals surface area contributed by atoms with Gasteiger partial charge in [-0.15, -0.1) is 0 Å². The molecule has 3 N–H and O–H groups in total. The molecule has 4 aliphatic heterocycles. The summed E-state index contributed by atoms with van der Waals surface area (Å²) in [5, 5.41) is 23.8. The molecule has 324 valence electrons. The Morgan fingerprint density at radius 1 is 0.500 bits per heavy atom. The van der Waals surface area contributed by atoms with Crippen LogP contribution >= 0.6 is 0 Å². The zero-order chi connectivity index (χ0) is 42.2. The van der Waals surface area contributed by atoms with Crippen molar-refractivity contribution in [2.75, 3.05) is 88.6 Å². The summed E-state index contributed by atoms with van der Waals surface area (Å²) in [4.78, 5) is 15.1. The van der Waals surface area contributed by atoms with E-state index >= 15 is 0 Å². The van der Waals surface area contributed by atoms with Crippen molar-refractivity contribution in [3.05, 3.63) is 145 Å². The molecule has 4 aliphatic rings. The van der Waals surface area contributed by atoms with Crippen LogP contribution in [0.4, 0.5) is 11.4 Å². The highest BCUT2D eigenvalue weighted by Gasteiger charge is 2.25. The number of anilines is 2. The van der Waals surface area contributed by atoms with Crippen molar-refractivity contribution in [2.24, 2.45) is 0 Å². The van der Waals surface area contributed by atoms with E-state index < -0.39 is 0 Å². The van der Waals surface area contributed by atoms with Gasteiger partial charge in [-0.1, -0.05) is 117 Å². The Labute approximate surface area is 365 Å². The lowest BCUT2D eigenvalue weighted by molar-refractivity contribution is -0.0980. The third-order valence-electron chi connectivity index (χ3n) is 10.8. The average Bonchev–Trinajstić information content (AvgIpc) is 3.34. The van der Waals surface area contributed by atoms with Gasteiger partial charge in [-0.2, -0.15) is 0 Å². The van der Waals surface area contributed by atoms with E-state index in [2.05, 4.69) is 32.1 Å². The zero-order valence-electron chi connectivity index (χ0n) is 34.5. The fourth-order valence-electron chi connectivity index (χ4n) is 7.81. The maximum Gasteiger partial charge on any atom is 0.184 e. The van der Waals surface area contributed by atoms with Gasteiger partial charge in [0.1, 0.15) is 44.7 Å². The van der Waals surface area contributed by atoms with Gasteiger partial charge < -0.3 is 49.1 Å². The summed E-state index contributed by atoms with van der Waals surface area (Å²) in [6, 6.07) is 45.5. The molecule has 2 saturated heterocycles. The van der Waals surface area contributed by atoms with Gasteiger partial charge in [0, 0.05) is 75.6 Å². The second-order valence-electron chi connectivity index (χ2n) is 14.7. The molecular weight excluding hydrogens is 781 g/mol. The van der Waals surface area contributed by atoms with Crippen molar-refractivity contribution in [1.29, 1.82) is 0 Å². The fourth-order valence-corrected chi connectivity index (χ4v) is 7.81. The smallest absolute Gasteiger partial charge is 0.184 e. The third kappa shape index (κ3) is 11.2. The fraction of sp³-hybridized carbons (Fsp3) is 0.275. The minimum atomic E-state index is 0. The molecule has 2 fully saturated rings. The molecule has 10 rings (SSSR count). The number of phenolic OH excluding ortho intramolecular Hbond substituents is 2. The summed E-state index contributed by atoms with van der Waals surface area (Å²) in [5.41, 5.74) is 7.10. The Hall–Kier alpha value is -6.69. The van der Waals surface area contributed by atoms with Crippen LogP contribution in [-0.4, -0.2) is 101 Å². The molecule has 62 heavy (non-hydrogen) atoms. The second-order valence-corrected chi connectivity index (χ2v) is 14.7. The van der Waals surface area contributed by atoms with Crippen LogP contribution in [0.2, 0.25) is 0 Å². The van der Waals surface area contributed by atoms with Crippen LogP contribution in [0, 0.1) is 0 Å². The van der Waals surface area contributed by atoms with Crippen molar-refractivity contribution in [3.63, 3.8) is 0 Å². The number of para-hydroxylation sites is 4. The van der Waals surface area contributed by atoms with Crippen LogP contribution in [-0.2, 0) is 11.3 Å². The highest BCUT2D eigenvalue weighted by Crippen LogP contribution is 2.41. The Morgan fingerprint density at radius 2 is 0.968 bits per heavy atom. The number of benzene rings is 6. The van der Waals surface area contributed by atoms with Crippen LogP contribution in [0.25, 0.3) is 22.3 Å². The van der Waals surface area contributed by atoms with Crippen molar-refractivity contribution in [1.82, 2.24) is 10.2 Å². The van der Waals surface area contributed by atoms with Crippen LogP contribution in [0.1, 0.15) is 13.0 Å². The van der Waals surface area contributed by atoms with E-state index in [0.29, 0.717) is 37.9 Å². The van der Waals surface area contributed by atoms with Gasteiger partial charge in [-0.3, -0.25) is 4.90 Å². The maximum absolute atomic E-state index is 10.9. The van der Waals surface area contributed by atoms with E-state index in [0.717, 1.165) is 115 Å². The summed E-state index contributed by atoms with van der Waals surface area (Å²) in [6.07, 6.45) is 0. The lowest BCUT2D eigenvalue weighted by atomic mass is 10.0. The number of hydrogen-bond acceptors (Lipinski definition) is 11. The minimum Gasteiger partial charge on any atom is -0.507 e. The van der Waals surface area contributed by atoms with Crippen molar-refractivity contribution in [3.8, 4) is 56.8 Å². The van der Waals surface area contributed by atoms with Crippen molar-refractivity contribution in [2.45, 2.75) is 14.0 Å². The lowest BCUT2D eigenvalue weighted by Gasteiger charge is -2.37. The van der Waals surface area contributed by atoms with Crippen molar-refractivity contribution >= 4 is 18.2 Å². The highest BCUT2D eigenvalue weighted by atomic mass is 16.6. The molecule has 0 amide bonds. The number of nitrogens with one attached hydrogen (secondary N) is 1. The van der Waals surface area contributed by atoms with Gasteiger partial charge in [-0.25, -0.2) is 0 Å². The third-order valence-corrected chi connectivity index (χ3v) is 10.8. The molecule has 6 aromatic carbocycles. The monoisotopic (exact) mass is 838 g/mol. The standard InChI is InChI=1S/C25H26N2O3.C12H16N2O2.C12H10O.CH2O.CH4/c28-24-20(8-4-9-21(24)19-6-2-1-3-7-19)18-26-12-14-27(15-13-26)22-10-5-11-23-25(22)30-17-16-29-23;1-2-10(14-6-4-13-5-7-14)12-11(3-1)15-8-9-16-12;13-12-9-5-4-8-11(12)10-6-2-1-3-7-10;1-2;/h1-11,28H,12-18H2;1-3,13H,4-9H2;1-9,13H;1H2;1H4. The Bertz CT molecular complexity index is 2280. The first-order chi connectivity index (χ1) is 30.1. The van der Waals surface area contributed by atoms with E-state index in [-0.39, 0.29) is 7.43 Å². The number of piperazine rings is 2. The Balaban J connectivity index is 0.000000168. The molecule has 11 heteroatoms. The summed E-state index contributed by atoms with van der Waals surface area (Å²) in [6.45, 7) is 13.1. The van der Waals surface area contributed by atoms with Gasteiger partial charge in [0.15, 0.2) is 23.0 Å². The number of aromatic hydroxyl groups is 2. The molecule has 0 unspecified atom stereocenters. The molecule has 0 radical (unpaired) electrons. The highest BCUT2D eigenvalue weighted by molar-refractivity contribution is 5.72. The molecular formula is C51H58N4O7. The van der Waals surface area contributed by atoms with Crippen LogP contribution in [0.5, 0.6) is 34.5 Å². The second kappa shape index (κ2) is 22.8. The largest absolute Gasteiger partial charge is 0.507 e. The average molecular weight is 839 g/mol. The van der Waals surface area contributed by atoms with E-state index in [1.54, 1.807) is 6.07 Å². The van der Waals surface area contributed by atoms with Gasteiger partial charge in [-0.05, 0) is 41.5 Å². The number of nitrogens with zero attached hydrogens (tertiary/aromatic N) is 3. The topological polar surface area (TPSA) is 116 Å². The number of ether oxygens (including phenoxy) is 4. The molecule has 0 atom stereocenters. The first-order valence-electron chi connectivity index (χ1n) is 20.8. The first-order valence-corrected chi connectivity index (χ1v) is 20.8. The van der Waals surface area contributed by atoms with Crippen LogP contribution < -0.4 is 34.1 Å². The normalized spacial score (nSPS) is 15.2. The molecule has 0 aliphatic carbocycles. The van der Waals surface area contributed by atoms with Gasteiger partial charge >= 0.3 is 0 Å². The van der Waals surface area contributed by atoms with E-state index in [1.165, 1.54) is 5.69 Å². The molecule has 6 aromatic rings. The molecule has 0 aromatic heterocycles. The van der Waals surface area contributed by atoms with Gasteiger partial charge in [0.05, 0.1) is 11.4 Å². The van der Waals surface area contributed by atoms with E-state index in [4.69, 9.17) is 23.7 Å². The van der Waals surface area contributed by atoms with E-state index in [9.17, 15) is 10.2 Å². The first kappa shape index (κ1) is 44.9. The zero-order valence-corrected chi connectivity index (χ0v) is 34.5. The predicted molar refractivity (Wildman–Crippen MR) is 248 cm³/mol. The molecule has 0 saturated carbocycles. The molecule has 4 heterocycles. The van der Waals surface area contributed by atoms with Crippen LogP contribution in [0.15, 0.2) is 140 Å². The number of carbonyl (C=O) groups is 1. The minimum absolute atomic E-state index is 0. The van der Waals surface area contributed by atoms with Gasteiger partial charge in [0.25, 0.3) is 0 Å². The number of fused-ring (bicyclic) bond motifs is 2. The SMILES string of the molecule is C.C=O.Oc1c(CN2CCN(c3cccc4c3OCCO4)CC2)cccc1-c1ccccc1.Oc1ccccc1-c1ccccc1.c1cc2c(c(N3CCNCC3)c1)OCCO2. The summed E-state index contributed by atoms with van der Waals surface area (Å²) < 4.78 is 22.9. The number of hydrogen-bond donors (Lipinski definition) is 3. The summed E-state index contributed by atoms with van der Waals surface area (Å²) in [7, 11) is 0. The molecule has 11 nitrogen and oxygen atoms in total. The quantitative estimate of drug-likeness (QED) is 0.150. The maximum atomic E-state index is 10.9. The molecule has 0 bridgehead atoms. The van der Waals surface area contributed by atoms with E-state index in [1.807, 2.05) is 128 Å². The summed E-state index contributed by atoms with van der Waals surface area (Å²) in [5.74, 6) is 4.20. The number of phenols is 2. The number of rotatable bonds is 6. The summed E-state index contributed by atoms with van der Waals surface area (Å²) >= 11 is 0. The lowest BCUT2D eigenvalue weighted by Crippen LogP contribution is -2.46. The molecule has 0 spiro atoms. The van der Waals surface area contributed by atoms with Crippen molar-refractivity contribution < 1.29 is 34.0 Å².